The number of anilines is 1. The van der Waals surface area contributed by atoms with E-state index in [-0.39, 0.29) is 35.1 Å². The third-order valence-electron chi connectivity index (χ3n) is 4.16. The Labute approximate surface area is 186 Å². The second kappa shape index (κ2) is 10.2. The van der Waals surface area contributed by atoms with Crippen LogP contribution in [0.15, 0.2) is 41.8 Å². The quantitative estimate of drug-likeness (QED) is 0.278. The van der Waals surface area contributed by atoms with Crippen molar-refractivity contribution in [1.29, 1.82) is 0 Å². The summed E-state index contributed by atoms with van der Waals surface area (Å²) in [4.78, 5) is 14.8. The molecule has 0 saturated heterocycles. The Morgan fingerprint density at radius 1 is 1.29 bits per heavy atom. The Hall–Kier alpha value is -3.18. The van der Waals surface area contributed by atoms with Gasteiger partial charge in [0.1, 0.15) is 17.4 Å². The van der Waals surface area contributed by atoms with Crippen LogP contribution in [0.4, 0.5) is 19.6 Å². The molecule has 1 aromatic heterocycles. The van der Waals surface area contributed by atoms with Crippen molar-refractivity contribution < 1.29 is 18.4 Å². The molecule has 0 aliphatic heterocycles. The molecular weight excluding hydrogens is 446 g/mol. The van der Waals surface area contributed by atoms with Crippen molar-refractivity contribution in [3.63, 3.8) is 0 Å². The summed E-state index contributed by atoms with van der Waals surface area (Å²) in [7, 11) is 0. The summed E-state index contributed by atoms with van der Waals surface area (Å²) in [5.41, 5.74) is 1.10. The molecule has 31 heavy (non-hydrogen) atoms. The van der Waals surface area contributed by atoms with Gasteiger partial charge in [-0.3, -0.25) is 10.1 Å². The lowest BCUT2D eigenvalue weighted by Gasteiger charge is -2.11. The van der Waals surface area contributed by atoms with Gasteiger partial charge in [0.2, 0.25) is 0 Å². The number of thiazole rings is 1. The van der Waals surface area contributed by atoms with Crippen molar-refractivity contribution in [1.82, 2.24) is 10.3 Å². The SMILES string of the molecule is CCOc1cc(F)c(CCNC(=S)Nc2nc(-c3cccc([N+](=O)[O-])c3)cs2)c(F)c1. The van der Waals surface area contributed by atoms with Gasteiger partial charge in [-0.2, -0.15) is 0 Å². The highest BCUT2D eigenvalue weighted by Gasteiger charge is 2.13. The van der Waals surface area contributed by atoms with Crippen molar-refractivity contribution in [2.24, 2.45) is 0 Å². The molecule has 162 valence electrons. The molecule has 0 unspecified atom stereocenters. The van der Waals surface area contributed by atoms with Crippen LogP contribution in [0.2, 0.25) is 0 Å². The van der Waals surface area contributed by atoms with Gasteiger partial charge in [-0.1, -0.05) is 12.1 Å². The molecule has 0 amide bonds. The van der Waals surface area contributed by atoms with Crippen LogP contribution in [0, 0.1) is 21.7 Å². The lowest BCUT2D eigenvalue weighted by molar-refractivity contribution is -0.384. The molecule has 2 aromatic carbocycles. The largest absolute Gasteiger partial charge is 0.494 e. The average molecular weight is 465 g/mol. The summed E-state index contributed by atoms with van der Waals surface area (Å²) in [6.07, 6.45) is 0.0860. The molecule has 0 aliphatic carbocycles. The lowest BCUT2D eigenvalue weighted by atomic mass is 10.1. The van der Waals surface area contributed by atoms with Crippen LogP contribution in [-0.2, 0) is 6.42 Å². The van der Waals surface area contributed by atoms with Gasteiger partial charge in [-0.15, -0.1) is 11.3 Å². The van der Waals surface area contributed by atoms with Crippen LogP contribution in [0.1, 0.15) is 12.5 Å². The Morgan fingerprint density at radius 2 is 2.03 bits per heavy atom. The van der Waals surface area contributed by atoms with Crippen LogP contribution < -0.4 is 15.4 Å². The zero-order valence-electron chi connectivity index (χ0n) is 16.4. The molecule has 0 spiro atoms. The Kier molecular flexibility index (Phi) is 7.42. The van der Waals surface area contributed by atoms with E-state index in [9.17, 15) is 18.9 Å². The number of benzene rings is 2. The Balaban J connectivity index is 1.55. The van der Waals surface area contributed by atoms with E-state index in [2.05, 4.69) is 15.6 Å². The molecule has 0 saturated carbocycles. The zero-order valence-corrected chi connectivity index (χ0v) is 18.0. The van der Waals surface area contributed by atoms with Gasteiger partial charge in [-0.25, -0.2) is 13.8 Å². The monoisotopic (exact) mass is 464 g/mol. The van der Waals surface area contributed by atoms with Crippen LogP contribution >= 0.6 is 23.6 Å². The van der Waals surface area contributed by atoms with Crippen molar-refractivity contribution in [2.75, 3.05) is 18.5 Å². The summed E-state index contributed by atoms with van der Waals surface area (Å²) in [5, 5.41) is 19.2. The molecule has 0 aliphatic rings. The van der Waals surface area contributed by atoms with Crippen LogP contribution in [-0.4, -0.2) is 28.2 Å². The third-order valence-corrected chi connectivity index (χ3v) is 5.17. The number of thiocarbonyl (C=S) groups is 1. The number of aromatic nitrogens is 1. The molecule has 2 N–H and O–H groups in total. The first kappa shape index (κ1) is 22.5. The van der Waals surface area contributed by atoms with E-state index < -0.39 is 16.6 Å². The molecule has 3 rings (SSSR count). The van der Waals surface area contributed by atoms with Crippen molar-refractivity contribution >= 4 is 39.5 Å². The van der Waals surface area contributed by atoms with Crippen LogP contribution in [0.25, 0.3) is 11.3 Å². The van der Waals surface area contributed by atoms with E-state index in [1.54, 1.807) is 24.4 Å². The number of nitro benzene ring substituents is 1. The fraction of sp³-hybridized carbons (Fsp3) is 0.200. The number of non-ortho nitro benzene ring substituents is 1. The number of halogens is 2. The fourth-order valence-corrected chi connectivity index (χ4v) is 3.74. The summed E-state index contributed by atoms with van der Waals surface area (Å²) in [5.74, 6) is -1.20. The smallest absolute Gasteiger partial charge is 0.270 e. The molecule has 0 bridgehead atoms. The molecular formula is C20H18F2N4O3S2. The number of nitro groups is 1. The van der Waals surface area contributed by atoms with Gasteiger partial charge in [0.25, 0.3) is 5.69 Å². The summed E-state index contributed by atoms with van der Waals surface area (Å²) in [6.45, 7) is 2.26. The number of rotatable bonds is 8. The van der Waals surface area contributed by atoms with E-state index in [0.29, 0.717) is 23.0 Å². The number of hydrogen-bond acceptors (Lipinski definition) is 6. The number of hydrogen-bond donors (Lipinski definition) is 2. The Bertz CT molecular complexity index is 1080. The highest BCUT2D eigenvalue weighted by Crippen LogP contribution is 2.27. The van der Waals surface area contributed by atoms with Gasteiger partial charge in [-0.05, 0) is 25.6 Å². The molecule has 1 heterocycles. The molecule has 0 fully saturated rings. The zero-order chi connectivity index (χ0) is 22.4. The van der Waals surface area contributed by atoms with Gasteiger partial charge in [0.05, 0.1) is 17.2 Å². The third kappa shape index (κ3) is 5.92. The second-order valence-corrected chi connectivity index (χ2v) is 7.54. The van der Waals surface area contributed by atoms with Crippen LogP contribution in [0.5, 0.6) is 5.75 Å². The second-order valence-electron chi connectivity index (χ2n) is 6.27. The molecule has 0 atom stereocenters. The highest BCUT2D eigenvalue weighted by molar-refractivity contribution is 7.80. The van der Waals surface area contributed by atoms with Gasteiger partial charge in [0.15, 0.2) is 10.2 Å². The van der Waals surface area contributed by atoms with Gasteiger partial charge < -0.3 is 15.4 Å². The summed E-state index contributed by atoms with van der Waals surface area (Å²) >= 11 is 6.48. The number of nitrogens with one attached hydrogen (secondary N) is 2. The van der Waals surface area contributed by atoms with Crippen LogP contribution in [0.3, 0.4) is 0 Å². The summed E-state index contributed by atoms with van der Waals surface area (Å²) < 4.78 is 33.3. The molecule has 7 nitrogen and oxygen atoms in total. The normalized spacial score (nSPS) is 10.5. The minimum absolute atomic E-state index is 0.0223. The minimum Gasteiger partial charge on any atom is -0.494 e. The maximum absolute atomic E-state index is 14.1. The van der Waals surface area contributed by atoms with E-state index in [1.165, 1.54) is 23.5 Å². The Morgan fingerprint density at radius 3 is 2.71 bits per heavy atom. The van der Waals surface area contributed by atoms with Gasteiger partial charge >= 0.3 is 0 Å². The van der Waals surface area contributed by atoms with E-state index in [4.69, 9.17) is 17.0 Å². The number of ether oxygens (including phenoxy) is 1. The van der Waals surface area contributed by atoms with E-state index in [1.807, 2.05) is 0 Å². The maximum Gasteiger partial charge on any atom is 0.270 e. The first-order valence-electron chi connectivity index (χ1n) is 9.23. The maximum atomic E-state index is 14.1. The predicted molar refractivity (Wildman–Crippen MR) is 120 cm³/mol. The first-order chi connectivity index (χ1) is 14.9. The van der Waals surface area contributed by atoms with Crippen molar-refractivity contribution in [2.45, 2.75) is 13.3 Å². The average Bonchev–Trinajstić information content (AvgIpc) is 3.19. The summed E-state index contributed by atoms with van der Waals surface area (Å²) in [6, 6.07) is 8.47. The van der Waals surface area contributed by atoms with E-state index >= 15 is 0 Å². The number of nitrogens with zero attached hydrogens (tertiary/aromatic N) is 2. The standard InChI is InChI=1S/C20H18F2N4O3S2/c1-2-29-14-9-16(21)15(17(22)10-14)6-7-23-19(30)25-20-24-18(11-31-20)12-4-3-5-13(8-12)26(27)28/h3-5,8-11H,2,6-7H2,1H3,(H2,23,24,25,30). The van der Waals surface area contributed by atoms with Gasteiger partial charge in [0, 0.05) is 47.3 Å². The molecule has 0 radical (unpaired) electrons. The lowest BCUT2D eigenvalue weighted by Crippen LogP contribution is -2.30. The molecule has 11 heteroatoms. The van der Waals surface area contributed by atoms with Crippen molar-refractivity contribution in [3.8, 4) is 17.0 Å². The van der Waals surface area contributed by atoms with E-state index in [0.717, 1.165) is 12.1 Å². The fourth-order valence-electron chi connectivity index (χ4n) is 2.75. The minimum atomic E-state index is -0.675. The topological polar surface area (TPSA) is 89.3 Å². The highest BCUT2D eigenvalue weighted by atomic mass is 32.1. The predicted octanol–water partition coefficient (Wildman–Crippen LogP) is 4.92. The van der Waals surface area contributed by atoms with Crippen molar-refractivity contribution in [3.05, 3.63) is 69.1 Å². The first-order valence-corrected chi connectivity index (χ1v) is 10.5. The molecule has 3 aromatic rings.